The second-order valence-electron chi connectivity index (χ2n) is 6.76. The molecule has 146 valence electrons. The number of hydrogen-bond acceptors (Lipinski definition) is 5. The Bertz CT molecular complexity index is 1030. The molecule has 5 nitrogen and oxygen atoms in total. The minimum absolute atomic E-state index is 0.0839. The molecule has 4 rings (SSSR count). The van der Waals surface area contributed by atoms with E-state index in [9.17, 15) is 0 Å². The first-order valence-corrected chi connectivity index (χ1v) is 9.65. The summed E-state index contributed by atoms with van der Waals surface area (Å²) in [7, 11) is 1.67. The fraction of sp³-hybridized carbons (Fsp3) is 0.130. The summed E-state index contributed by atoms with van der Waals surface area (Å²) in [5.41, 5.74) is 5.21. The van der Waals surface area contributed by atoms with E-state index in [4.69, 9.17) is 27.3 Å². The molecule has 0 saturated carbocycles. The van der Waals surface area contributed by atoms with Crippen molar-refractivity contribution in [2.45, 2.75) is 12.5 Å². The van der Waals surface area contributed by atoms with Crippen LogP contribution in [-0.4, -0.2) is 19.0 Å². The van der Waals surface area contributed by atoms with Gasteiger partial charge in [-0.25, -0.2) is 0 Å². The van der Waals surface area contributed by atoms with Gasteiger partial charge >= 0.3 is 0 Å². The highest BCUT2D eigenvalue weighted by molar-refractivity contribution is 6.30. The van der Waals surface area contributed by atoms with E-state index in [2.05, 4.69) is 22.2 Å². The van der Waals surface area contributed by atoms with Crippen LogP contribution in [0.3, 0.4) is 0 Å². The van der Waals surface area contributed by atoms with Gasteiger partial charge in [0.1, 0.15) is 5.75 Å². The van der Waals surface area contributed by atoms with Crippen LogP contribution < -0.4 is 15.6 Å². The molecule has 3 aromatic rings. The number of hydrazone groups is 2. The Kier molecular flexibility index (Phi) is 5.49. The number of halogens is 1. The second kappa shape index (κ2) is 8.37. The topological polar surface area (TPSA) is 63.2 Å². The number of nitrogens with two attached hydrogens (primary N) is 1. The lowest BCUT2D eigenvalue weighted by Crippen LogP contribution is -2.18. The lowest BCUT2D eigenvalue weighted by Gasteiger charge is -2.24. The van der Waals surface area contributed by atoms with Gasteiger partial charge in [-0.15, -0.1) is 0 Å². The molecule has 3 aromatic carbocycles. The summed E-state index contributed by atoms with van der Waals surface area (Å²) >= 11 is 6.05. The third-order valence-electron chi connectivity index (χ3n) is 4.97. The molecule has 0 amide bonds. The number of rotatable bonds is 5. The van der Waals surface area contributed by atoms with Gasteiger partial charge < -0.3 is 10.6 Å². The minimum Gasteiger partial charge on any atom is -0.497 e. The molecule has 6 heteroatoms. The van der Waals surface area contributed by atoms with E-state index in [1.807, 2.05) is 60.7 Å². The Morgan fingerprint density at radius 1 is 1.03 bits per heavy atom. The number of methoxy groups -OCH3 is 1. The van der Waals surface area contributed by atoms with E-state index in [-0.39, 0.29) is 6.04 Å². The molecule has 0 fully saturated rings. The molecule has 1 aliphatic rings. The first-order chi connectivity index (χ1) is 14.2. The molecule has 0 aliphatic carbocycles. The zero-order chi connectivity index (χ0) is 20.2. The van der Waals surface area contributed by atoms with Crippen LogP contribution in [0, 0.1) is 0 Å². The highest BCUT2D eigenvalue weighted by Gasteiger charge is 2.30. The largest absolute Gasteiger partial charge is 0.497 e. The SMILES string of the molecule is COc1ccc([C@H]2CC(c3ccc(Cl)cc3)=NN2c2ccc(C=NN)cc2)cc1. The van der Waals surface area contributed by atoms with Crippen LogP contribution in [0.25, 0.3) is 0 Å². The maximum absolute atomic E-state index is 6.05. The zero-order valence-electron chi connectivity index (χ0n) is 16.0. The highest BCUT2D eigenvalue weighted by Crippen LogP contribution is 2.37. The molecule has 0 saturated heterocycles. The molecule has 1 heterocycles. The van der Waals surface area contributed by atoms with E-state index in [0.717, 1.165) is 34.7 Å². The van der Waals surface area contributed by atoms with Gasteiger partial charge in [0.2, 0.25) is 0 Å². The lowest BCUT2D eigenvalue weighted by molar-refractivity contribution is 0.414. The Labute approximate surface area is 175 Å². The van der Waals surface area contributed by atoms with Crippen molar-refractivity contribution < 1.29 is 4.74 Å². The molecule has 0 bridgehead atoms. The van der Waals surface area contributed by atoms with E-state index in [0.29, 0.717) is 5.02 Å². The third-order valence-corrected chi connectivity index (χ3v) is 5.22. The number of nitrogens with zero attached hydrogens (tertiary/aromatic N) is 3. The van der Waals surface area contributed by atoms with Gasteiger partial charge in [0.25, 0.3) is 0 Å². The Morgan fingerprint density at radius 2 is 1.72 bits per heavy atom. The molecule has 1 atom stereocenters. The van der Waals surface area contributed by atoms with Gasteiger partial charge in [0.15, 0.2) is 0 Å². The fourth-order valence-electron chi connectivity index (χ4n) is 3.45. The van der Waals surface area contributed by atoms with E-state index < -0.39 is 0 Å². The lowest BCUT2D eigenvalue weighted by atomic mass is 9.98. The minimum atomic E-state index is 0.0839. The van der Waals surface area contributed by atoms with Gasteiger partial charge in [0, 0.05) is 11.4 Å². The molecular weight excluding hydrogens is 384 g/mol. The number of benzene rings is 3. The predicted octanol–water partition coefficient (Wildman–Crippen LogP) is 5.00. The van der Waals surface area contributed by atoms with Crippen molar-refractivity contribution in [3.05, 3.63) is 94.5 Å². The van der Waals surface area contributed by atoms with E-state index in [1.54, 1.807) is 13.3 Å². The Balaban J connectivity index is 1.71. The van der Waals surface area contributed by atoms with Crippen molar-refractivity contribution >= 4 is 29.2 Å². The van der Waals surface area contributed by atoms with Crippen LogP contribution in [0.4, 0.5) is 5.69 Å². The van der Waals surface area contributed by atoms with Gasteiger partial charge in [-0.05, 0) is 53.1 Å². The average Bonchev–Trinajstić information content (AvgIpc) is 3.20. The van der Waals surface area contributed by atoms with Crippen LogP contribution in [-0.2, 0) is 0 Å². The fourth-order valence-corrected chi connectivity index (χ4v) is 3.58. The molecule has 29 heavy (non-hydrogen) atoms. The normalized spacial score (nSPS) is 16.3. The summed E-state index contributed by atoms with van der Waals surface area (Å²) in [4.78, 5) is 0. The van der Waals surface area contributed by atoms with Crippen molar-refractivity contribution in [2.24, 2.45) is 16.0 Å². The zero-order valence-corrected chi connectivity index (χ0v) is 16.8. The first kappa shape index (κ1) is 19.0. The summed E-state index contributed by atoms with van der Waals surface area (Å²) in [5, 5.41) is 11.3. The van der Waals surface area contributed by atoms with Crippen LogP contribution in [0.2, 0.25) is 5.02 Å². The summed E-state index contributed by atoms with van der Waals surface area (Å²) in [6.45, 7) is 0. The molecule has 1 aliphatic heterocycles. The third kappa shape index (κ3) is 4.10. The second-order valence-corrected chi connectivity index (χ2v) is 7.20. The van der Waals surface area contributed by atoms with Gasteiger partial charge in [0.05, 0.1) is 30.8 Å². The summed E-state index contributed by atoms with van der Waals surface area (Å²) in [5.74, 6) is 6.09. The number of ether oxygens (including phenoxy) is 1. The van der Waals surface area contributed by atoms with Gasteiger partial charge in [-0.3, -0.25) is 5.01 Å². The van der Waals surface area contributed by atoms with E-state index >= 15 is 0 Å². The monoisotopic (exact) mass is 404 g/mol. The van der Waals surface area contributed by atoms with Gasteiger partial charge in [-0.2, -0.15) is 10.2 Å². The van der Waals surface area contributed by atoms with Crippen molar-refractivity contribution in [2.75, 3.05) is 12.1 Å². The molecule has 0 spiro atoms. The Morgan fingerprint density at radius 3 is 2.34 bits per heavy atom. The van der Waals surface area contributed by atoms with Crippen molar-refractivity contribution in [1.29, 1.82) is 0 Å². The summed E-state index contributed by atoms with van der Waals surface area (Å²) < 4.78 is 5.30. The maximum atomic E-state index is 6.05. The summed E-state index contributed by atoms with van der Waals surface area (Å²) in [6.07, 6.45) is 2.41. The highest BCUT2D eigenvalue weighted by atomic mass is 35.5. The van der Waals surface area contributed by atoms with Crippen LogP contribution in [0.5, 0.6) is 5.75 Å². The van der Waals surface area contributed by atoms with Gasteiger partial charge in [-0.1, -0.05) is 48.0 Å². The van der Waals surface area contributed by atoms with Crippen molar-refractivity contribution in [3.8, 4) is 5.75 Å². The molecule has 0 aromatic heterocycles. The molecule has 0 unspecified atom stereocenters. The van der Waals surface area contributed by atoms with E-state index in [1.165, 1.54) is 5.56 Å². The maximum Gasteiger partial charge on any atom is 0.118 e. The molecule has 2 N–H and O–H groups in total. The average molecular weight is 405 g/mol. The Hall–Kier alpha value is -3.31. The predicted molar refractivity (Wildman–Crippen MR) is 119 cm³/mol. The van der Waals surface area contributed by atoms with Crippen LogP contribution in [0.1, 0.15) is 29.2 Å². The number of hydrogen-bond donors (Lipinski definition) is 1. The van der Waals surface area contributed by atoms with Crippen molar-refractivity contribution in [3.63, 3.8) is 0 Å². The smallest absolute Gasteiger partial charge is 0.118 e. The first-order valence-electron chi connectivity index (χ1n) is 9.28. The standard InChI is InChI=1S/C23H21ClN4O/c1-29-21-12-6-18(7-13-21)23-14-22(17-4-8-19(24)9-5-17)27-28(23)20-10-2-16(3-11-20)15-26-25/h2-13,15,23H,14,25H2,1H3/t23-/m1/s1. The van der Waals surface area contributed by atoms with Crippen LogP contribution in [0.15, 0.2) is 83.0 Å². The molecule has 0 radical (unpaired) electrons. The summed E-state index contributed by atoms with van der Waals surface area (Å²) in [6, 6.07) is 24.1. The van der Waals surface area contributed by atoms with Crippen LogP contribution >= 0.6 is 11.6 Å². The molecular formula is C23H21ClN4O. The quantitative estimate of drug-likeness (QED) is 0.370. The number of anilines is 1. The van der Waals surface area contributed by atoms with Crippen molar-refractivity contribution in [1.82, 2.24) is 0 Å².